The summed E-state index contributed by atoms with van der Waals surface area (Å²) in [6, 6.07) is 9.20. The fourth-order valence-electron chi connectivity index (χ4n) is 1.50. The van der Waals surface area contributed by atoms with Crippen LogP contribution >= 0.6 is 0 Å². The third kappa shape index (κ3) is 1.95. The summed E-state index contributed by atoms with van der Waals surface area (Å²) in [6.07, 6.45) is 1.63. The van der Waals surface area contributed by atoms with Crippen LogP contribution in [0.4, 0.5) is 5.69 Å². The number of nitrogens with zero attached hydrogens (tertiary/aromatic N) is 2. The second-order valence-electron chi connectivity index (χ2n) is 3.58. The van der Waals surface area contributed by atoms with Crippen LogP contribution in [-0.2, 0) is 0 Å². The van der Waals surface area contributed by atoms with Gasteiger partial charge in [-0.15, -0.1) is 0 Å². The van der Waals surface area contributed by atoms with Gasteiger partial charge in [0.25, 0.3) is 5.56 Å². The van der Waals surface area contributed by atoms with Crippen molar-refractivity contribution in [3.8, 4) is 5.69 Å². The molecule has 0 unspecified atom stereocenters. The van der Waals surface area contributed by atoms with Gasteiger partial charge in [0.2, 0.25) is 0 Å². The number of rotatable bonds is 2. The Balaban J connectivity index is 2.53. The molecule has 1 N–H and O–H groups in total. The first-order chi connectivity index (χ1) is 7.70. The van der Waals surface area contributed by atoms with Crippen molar-refractivity contribution in [1.29, 1.82) is 0 Å². The van der Waals surface area contributed by atoms with Crippen molar-refractivity contribution in [2.24, 2.45) is 0 Å². The number of benzene rings is 1. The molecule has 0 spiro atoms. The molecule has 4 heteroatoms. The van der Waals surface area contributed by atoms with Crippen LogP contribution in [0, 0.1) is 6.92 Å². The second-order valence-corrected chi connectivity index (χ2v) is 3.58. The predicted molar refractivity (Wildman–Crippen MR) is 64.1 cm³/mol. The Morgan fingerprint density at radius 2 is 2.12 bits per heavy atom. The Morgan fingerprint density at radius 3 is 2.75 bits per heavy atom. The highest BCUT2D eigenvalue weighted by atomic mass is 16.1. The summed E-state index contributed by atoms with van der Waals surface area (Å²) < 4.78 is 1.38. The van der Waals surface area contributed by atoms with E-state index in [4.69, 9.17) is 0 Å². The maximum Gasteiger partial charge on any atom is 0.273 e. The quantitative estimate of drug-likeness (QED) is 0.827. The van der Waals surface area contributed by atoms with Gasteiger partial charge in [0.1, 0.15) is 0 Å². The average molecular weight is 215 g/mol. The fourth-order valence-corrected chi connectivity index (χ4v) is 1.50. The number of hydrogen-bond acceptors (Lipinski definition) is 3. The van der Waals surface area contributed by atoms with E-state index < -0.39 is 0 Å². The molecule has 82 valence electrons. The van der Waals surface area contributed by atoms with Gasteiger partial charge < -0.3 is 5.32 Å². The highest BCUT2D eigenvalue weighted by Crippen LogP contribution is 2.07. The highest BCUT2D eigenvalue weighted by Gasteiger charge is 2.01. The lowest BCUT2D eigenvalue weighted by molar-refractivity contribution is 0.807. The Kier molecular flexibility index (Phi) is 2.72. The SMILES string of the molecule is CNc1cnn(-c2cccc(C)c2)c(=O)c1. The standard InChI is InChI=1S/C12H13N3O/c1-9-4-3-5-11(6-9)15-12(16)7-10(13-2)8-14-15/h3-8,13H,1-2H3. The van der Waals surface area contributed by atoms with Crippen LogP contribution in [0.15, 0.2) is 41.3 Å². The van der Waals surface area contributed by atoms with E-state index >= 15 is 0 Å². The second kappa shape index (κ2) is 4.18. The van der Waals surface area contributed by atoms with Crippen LogP contribution in [0.1, 0.15) is 5.56 Å². The van der Waals surface area contributed by atoms with E-state index in [-0.39, 0.29) is 5.56 Å². The summed E-state index contributed by atoms with van der Waals surface area (Å²) in [4.78, 5) is 11.8. The van der Waals surface area contributed by atoms with Gasteiger partial charge in [0, 0.05) is 13.1 Å². The fraction of sp³-hybridized carbons (Fsp3) is 0.167. The molecular weight excluding hydrogens is 202 g/mol. The minimum absolute atomic E-state index is 0.141. The zero-order chi connectivity index (χ0) is 11.5. The summed E-state index contributed by atoms with van der Waals surface area (Å²) in [5.41, 5.74) is 2.46. The van der Waals surface area contributed by atoms with Crippen LogP contribution in [0.25, 0.3) is 5.69 Å². The van der Waals surface area contributed by atoms with Gasteiger partial charge in [-0.1, -0.05) is 12.1 Å². The van der Waals surface area contributed by atoms with Crippen molar-refractivity contribution in [3.63, 3.8) is 0 Å². The number of aromatic nitrogens is 2. The van der Waals surface area contributed by atoms with Gasteiger partial charge in [-0.25, -0.2) is 0 Å². The summed E-state index contributed by atoms with van der Waals surface area (Å²) >= 11 is 0. The van der Waals surface area contributed by atoms with E-state index in [0.29, 0.717) is 5.69 Å². The molecule has 2 rings (SSSR count). The number of aryl methyl sites for hydroxylation is 1. The van der Waals surface area contributed by atoms with E-state index in [1.54, 1.807) is 13.2 Å². The molecule has 2 aromatic rings. The van der Waals surface area contributed by atoms with Gasteiger partial charge in [-0.2, -0.15) is 9.78 Å². The van der Waals surface area contributed by atoms with Gasteiger partial charge in [-0.3, -0.25) is 4.79 Å². The maximum absolute atomic E-state index is 11.8. The first kappa shape index (κ1) is 10.4. The van der Waals surface area contributed by atoms with E-state index in [9.17, 15) is 4.79 Å². The minimum atomic E-state index is -0.141. The van der Waals surface area contributed by atoms with E-state index in [2.05, 4.69) is 10.4 Å². The molecule has 0 aliphatic heterocycles. The molecule has 0 saturated carbocycles. The van der Waals surface area contributed by atoms with Crippen molar-refractivity contribution in [2.45, 2.75) is 6.92 Å². The Hall–Kier alpha value is -2.10. The maximum atomic E-state index is 11.8. The molecule has 1 aromatic carbocycles. The minimum Gasteiger partial charge on any atom is -0.387 e. The Labute approximate surface area is 93.5 Å². The predicted octanol–water partition coefficient (Wildman–Crippen LogP) is 1.58. The number of hydrogen-bond donors (Lipinski definition) is 1. The van der Waals surface area contributed by atoms with Gasteiger partial charge >= 0.3 is 0 Å². The summed E-state index contributed by atoms with van der Waals surface area (Å²) in [5, 5.41) is 6.98. The Morgan fingerprint density at radius 1 is 1.31 bits per heavy atom. The van der Waals surface area contributed by atoms with Crippen molar-refractivity contribution in [3.05, 3.63) is 52.4 Å². The number of anilines is 1. The zero-order valence-electron chi connectivity index (χ0n) is 9.27. The lowest BCUT2D eigenvalue weighted by atomic mass is 10.2. The molecular formula is C12H13N3O. The third-order valence-electron chi connectivity index (χ3n) is 2.33. The molecule has 0 saturated heterocycles. The highest BCUT2D eigenvalue weighted by molar-refractivity contribution is 5.40. The molecule has 4 nitrogen and oxygen atoms in total. The largest absolute Gasteiger partial charge is 0.387 e. The summed E-state index contributed by atoms with van der Waals surface area (Å²) in [7, 11) is 1.76. The lowest BCUT2D eigenvalue weighted by Gasteiger charge is -2.06. The molecule has 0 fully saturated rings. The topological polar surface area (TPSA) is 46.9 Å². The van der Waals surface area contributed by atoms with Crippen molar-refractivity contribution < 1.29 is 0 Å². The molecule has 1 heterocycles. The first-order valence-corrected chi connectivity index (χ1v) is 5.05. The van der Waals surface area contributed by atoms with Gasteiger partial charge in [0.05, 0.1) is 17.6 Å². The summed E-state index contributed by atoms with van der Waals surface area (Å²) in [6.45, 7) is 1.98. The smallest absolute Gasteiger partial charge is 0.273 e. The summed E-state index contributed by atoms with van der Waals surface area (Å²) in [5.74, 6) is 0. The van der Waals surface area contributed by atoms with Gasteiger partial charge in [0.15, 0.2) is 0 Å². The van der Waals surface area contributed by atoms with Gasteiger partial charge in [-0.05, 0) is 24.6 Å². The molecule has 1 aromatic heterocycles. The van der Waals surface area contributed by atoms with Crippen molar-refractivity contribution >= 4 is 5.69 Å². The van der Waals surface area contributed by atoms with Crippen LogP contribution in [0.5, 0.6) is 0 Å². The van der Waals surface area contributed by atoms with Crippen molar-refractivity contribution in [1.82, 2.24) is 9.78 Å². The van der Waals surface area contributed by atoms with Crippen LogP contribution in [0.3, 0.4) is 0 Å². The Bertz CT molecular complexity index is 560. The van der Waals surface area contributed by atoms with E-state index in [1.807, 2.05) is 31.2 Å². The van der Waals surface area contributed by atoms with Crippen molar-refractivity contribution in [2.75, 3.05) is 12.4 Å². The monoisotopic (exact) mass is 215 g/mol. The first-order valence-electron chi connectivity index (χ1n) is 5.05. The molecule has 0 bridgehead atoms. The molecule has 0 radical (unpaired) electrons. The molecule has 16 heavy (non-hydrogen) atoms. The lowest BCUT2D eigenvalue weighted by Crippen LogP contribution is -2.20. The zero-order valence-corrected chi connectivity index (χ0v) is 9.27. The van der Waals surface area contributed by atoms with Crippen LogP contribution in [-0.4, -0.2) is 16.8 Å². The van der Waals surface area contributed by atoms with E-state index in [1.165, 1.54) is 10.7 Å². The third-order valence-corrected chi connectivity index (χ3v) is 2.33. The molecule has 0 aliphatic rings. The average Bonchev–Trinajstić information content (AvgIpc) is 2.28. The molecule has 0 atom stereocenters. The number of nitrogens with one attached hydrogen (secondary N) is 1. The molecule has 0 amide bonds. The normalized spacial score (nSPS) is 10.1. The van der Waals surface area contributed by atoms with Crippen LogP contribution in [0.2, 0.25) is 0 Å². The molecule has 0 aliphatic carbocycles. The van der Waals surface area contributed by atoms with E-state index in [0.717, 1.165) is 11.3 Å². The van der Waals surface area contributed by atoms with Crippen LogP contribution < -0.4 is 10.9 Å².